The minimum atomic E-state index is 0.310. The molecule has 1 N–H and O–H groups in total. The summed E-state index contributed by atoms with van der Waals surface area (Å²) in [7, 11) is 0. The highest BCUT2D eigenvalue weighted by Gasteiger charge is 2.08. The monoisotopic (exact) mass is 260 g/mol. The van der Waals surface area contributed by atoms with E-state index in [1.165, 1.54) is 21.6 Å². The van der Waals surface area contributed by atoms with Crippen molar-refractivity contribution in [3.63, 3.8) is 0 Å². The molecular weight excluding hydrogens is 240 g/mol. The van der Waals surface area contributed by atoms with Gasteiger partial charge in [0.15, 0.2) is 0 Å². The van der Waals surface area contributed by atoms with E-state index < -0.39 is 0 Å². The van der Waals surface area contributed by atoms with Crippen LogP contribution in [0.2, 0.25) is 0 Å². The fourth-order valence-electron chi connectivity index (χ4n) is 2.10. The molecule has 1 aromatic heterocycles. The third-order valence-corrected chi connectivity index (χ3v) is 4.00. The van der Waals surface area contributed by atoms with Crippen LogP contribution in [0.4, 0.5) is 0 Å². The van der Waals surface area contributed by atoms with Crippen molar-refractivity contribution in [2.24, 2.45) is 0 Å². The highest BCUT2D eigenvalue weighted by atomic mass is 32.1. The molecule has 3 heteroatoms. The molecule has 0 aliphatic heterocycles. The Hall–Kier alpha value is -1.19. The van der Waals surface area contributed by atoms with E-state index in [1.807, 2.05) is 6.20 Å². The molecule has 1 heterocycles. The summed E-state index contributed by atoms with van der Waals surface area (Å²) in [6.45, 7) is 9.44. The molecule has 0 amide bonds. The lowest BCUT2D eigenvalue weighted by atomic mass is 10.1. The van der Waals surface area contributed by atoms with Crippen molar-refractivity contribution in [1.82, 2.24) is 10.3 Å². The van der Waals surface area contributed by atoms with Crippen molar-refractivity contribution >= 4 is 11.3 Å². The first kappa shape index (κ1) is 13.2. The summed E-state index contributed by atoms with van der Waals surface area (Å²) in [6, 6.07) is 6.99. The van der Waals surface area contributed by atoms with Crippen molar-refractivity contribution in [1.29, 1.82) is 0 Å². The van der Waals surface area contributed by atoms with E-state index in [0.717, 1.165) is 11.6 Å². The van der Waals surface area contributed by atoms with Crippen LogP contribution in [0, 0.1) is 20.8 Å². The predicted octanol–water partition coefficient (Wildman–Crippen LogP) is 3.92. The zero-order chi connectivity index (χ0) is 13.1. The first-order chi connectivity index (χ1) is 8.54. The smallest absolute Gasteiger partial charge is 0.109 e. The van der Waals surface area contributed by atoms with Crippen LogP contribution >= 0.6 is 11.3 Å². The maximum absolute atomic E-state index is 4.42. The normalized spacial score (nSPS) is 12.7. The molecule has 0 bridgehead atoms. The lowest BCUT2D eigenvalue weighted by Crippen LogP contribution is -2.18. The van der Waals surface area contributed by atoms with Gasteiger partial charge in [0, 0.05) is 17.6 Å². The maximum Gasteiger partial charge on any atom is 0.109 e. The summed E-state index contributed by atoms with van der Waals surface area (Å²) < 4.78 is 0. The molecule has 2 aromatic rings. The second-order valence-electron chi connectivity index (χ2n) is 4.91. The SMILES string of the molecule is Cc1cc(C)cc(CNC(C)c2ncc(C)s2)c1. The number of aromatic nitrogens is 1. The van der Waals surface area contributed by atoms with Gasteiger partial charge < -0.3 is 5.32 Å². The first-order valence-electron chi connectivity index (χ1n) is 6.27. The van der Waals surface area contributed by atoms with E-state index in [9.17, 15) is 0 Å². The second kappa shape index (κ2) is 5.63. The Balaban J connectivity index is 1.99. The van der Waals surface area contributed by atoms with Gasteiger partial charge in [-0.05, 0) is 33.3 Å². The van der Waals surface area contributed by atoms with Gasteiger partial charge in [-0.2, -0.15) is 0 Å². The van der Waals surface area contributed by atoms with Crippen molar-refractivity contribution in [2.75, 3.05) is 0 Å². The largest absolute Gasteiger partial charge is 0.304 e. The molecule has 96 valence electrons. The van der Waals surface area contributed by atoms with Crippen LogP contribution in [-0.2, 0) is 6.54 Å². The topological polar surface area (TPSA) is 24.9 Å². The number of hydrogen-bond donors (Lipinski definition) is 1. The van der Waals surface area contributed by atoms with E-state index in [-0.39, 0.29) is 0 Å². The quantitative estimate of drug-likeness (QED) is 0.901. The van der Waals surface area contributed by atoms with Gasteiger partial charge in [-0.1, -0.05) is 29.3 Å². The van der Waals surface area contributed by atoms with E-state index in [0.29, 0.717) is 6.04 Å². The molecule has 2 nitrogen and oxygen atoms in total. The van der Waals surface area contributed by atoms with E-state index in [4.69, 9.17) is 0 Å². The standard InChI is InChI=1S/C15H20N2S/c1-10-5-11(2)7-14(6-10)9-16-13(4)15-17-8-12(3)18-15/h5-8,13,16H,9H2,1-4H3. The molecule has 0 aliphatic carbocycles. The Bertz CT molecular complexity index is 511. The lowest BCUT2D eigenvalue weighted by Gasteiger charge is -2.12. The van der Waals surface area contributed by atoms with E-state index in [2.05, 4.69) is 56.2 Å². The average Bonchev–Trinajstić information content (AvgIpc) is 2.71. The number of thiazole rings is 1. The zero-order valence-corrected chi connectivity index (χ0v) is 12.3. The number of nitrogens with zero attached hydrogens (tertiary/aromatic N) is 1. The van der Waals surface area contributed by atoms with Gasteiger partial charge in [0.2, 0.25) is 0 Å². The van der Waals surface area contributed by atoms with Crippen molar-refractivity contribution in [3.8, 4) is 0 Å². The summed E-state index contributed by atoms with van der Waals surface area (Å²) in [5.74, 6) is 0. The third kappa shape index (κ3) is 3.40. The molecule has 1 aromatic carbocycles. The second-order valence-corrected chi connectivity index (χ2v) is 6.17. The number of rotatable bonds is 4. The van der Waals surface area contributed by atoms with Gasteiger partial charge in [-0.3, -0.25) is 0 Å². The maximum atomic E-state index is 4.42. The van der Waals surface area contributed by atoms with Gasteiger partial charge >= 0.3 is 0 Å². The number of benzene rings is 1. The first-order valence-corrected chi connectivity index (χ1v) is 7.09. The molecule has 18 heavy (non-hydrogen) atoms. The molecule has 0 radical (unpaired) electrons. The number of nitrogens with one attached hydrogen (secondary N) is 1. The Kier molecular flexibility index (Phi) is 4.15. The Morgan fingerprint density at radius 3 is 2.39 bits per heavy atom. The fraction of sp³-hybridized carbons (Fsp3) is 0.400. The molecule has 2 rings (SSSR count). The van der Waals surface area contributed by atoms with Gasteiger partial charge in [0.1, 0.15) is 5.01 Å². The summed E-state index contributed by atoms with van der Waals surface area (Å²) in [5.41, 5.74) is 3.99. The van der Waals surface area contributed by atoms with Crippen molar-refractivity contribution in [2.45, 2.75) is 40.3 Å². The molecular formula is C15H20N2S. The zero-order valence-electron chi connectivity index (χ0n) is 11.4. The summed E-state index contributed by atoms with van der Waals surface area (Å²) in [6.07, 6.45) is 1.94. The highest BCUT2D eigenvalue weighted by Crippen LogP contribution is 2.19. The Morgan fingerprint density at radius 1 is 1.17 bits per heavy atom. The minimum absolute atomic E-state index is 0.310. The van der Waals surface area contributed by atoms with Crippen molar-refractivity contribution < 1.29 is 0 Å². The van der Waals surface area contributed by atoms with Gasteiger partial charge in [-0.15, -0.1) is 11.3 Å². The average molecular weight is 260 g/mol. The van der Waals surface area contributed by atoms with Crippen molar-refractivity contribution in [3.05, 3.63) is 51.0 Å². The van der Waals surface area contributed by atoms with Crippen LogP contribution in [0.25, 0.3) is 0 Å². The molecule has 1 atom stereocenters. The third-order valence-electron chi connectivity index (χ3n) is 2.90. The molecule has 1 unspecified atom stereocenters. The van der Waals surface area contributed by atoms with Crippen LogP contribution in [-0.4, -0.2) is 4.98 Å². The van der Waals surface area contributed by atoms with Gasteiger partial charge in [-0.25, -0.2) is 4.98 Å². The predicted molar refractivity (Wildman–Crippen MR) is 78.0 cm³/mol. The van der Waals surface area contributed by atoms with Crippen LogP contribution in [0.1, 0.15) is 39.5 Å². The molecule has 0 fully saturated rings. The van der Waals surface area contributed by atoms with Crippen LogP contribution in [0.5, 0.6) is 0 Å². The van der Waals surface area contributed by atoms with Gasteiger partial charge in [0.25, 0.3) is 0 Å². The van der Waals surface area contributed by atoms with Crippen LogP contribution < -0.4 is 5.32 Å². The molecule has 0 saturated heterocycles. The fourth-order valence-corrected chi connectivity index (χ4v) is 2.90. The number of aryl methyl sites for hydroxylation is 3. The molecule has 0 spiro atoms. The summed E-state index contributed by atoms with van der Waals surface area (Å²) >= 11 is 1.76. The molecule has 0 saturated carbocycles. The lowest BCUT2D eigenvalue weighted by molar-refractivity contribution is 0.571. The minimum Gasteiger partial charge on any atom is -0.304 e. The molecule has 0 aliphatic rings. The summed E-state index contributed by atoms with van der Waals surface area (Å²) in [4.78, 5) is 5.69. The van der Waals surface area contributed by atoms with Crippen LogP contribution in [0.15, 0.2) is 24.4 Å². The van der Waals surface area contributed by atoms with E-state index in [1.54, 1.807) is 11.3 Å². The highest BCUT2D eigenvalue weighted by molar-refractivity contribution is 7.11. The van der Waals surface area contributed by atoms with E-state index >= 15 is 0 Å². The Morgan fingerprint density at radius 2 is 1.83 bits per heavy atom. The summed E-state index contributed by atoms with van der Waals surface area (Å²) in [5, 5.41) is 4.69. The van der Waals surface area contributed by atoms with Crippen LogP contribution in [0.3, 0.4) is 0 Å². The van der Waals surface area contributed by atoms with Gasteiger partial charge in [0.05, 0.1) is 6.04 Å². The number of hydrogen-bond acceptors (Lipinski definition) is 3. The Labute approximate surface area is 113 Å².